The molecule has 5 heteroatoms. The molecule has 1 atom stereocenters. The number of hydrogen-bond acceptors (Lipinski definition) is 2. The van der Waals surface area contributed by atoms with E-state index < -0.39 is 0 Å². The molecule has 1 amide bonds. The number of hydrogen-bond donors (Lipinski definition) is 1. The number of rotatable bonds is 9. The molecule has 1 rings (SSSR count). The maximum atomic E-state index is 11.8. The molecule has 0 radical (unpaired) electrons. The summed E-state index contributed by atoms with van der Waals surface area (Å²) in [6, 6.07) is 5.32. The van der Waals surface area contributed by atoms with Crippen LogP contribution in [0, 0.1) is 5.92 Å². The van der Waals surface area contributed by atoms with Crippen LogP contribution in [0.2, 0.25) is 5.02 Å². The molecule has 118 valence electrons. The van der Waals surface area contributed by atoms with Crippen LogP contribution >= 0.6 is 27.5 Å². The molecule has 1 aromatic carbocycles. The van der Waals surface area contributed by atoms with E-state index in [0.29, 0.717) is 23.2 Å². The van der Waals surface area contributed by atoms with E-state index in [4.69, 9.17) is 16.3 Å². The van der Waals surface area contributed by atoms with Crippen LogP contribution in [-0.4, -0.2) is 19.1 Å². The minimum Gasteiger partial charge on any atom is -0.482 e. The molecule has 0 aliphatic heterocycles. The van der Waals surface area contributed by atoms with Gasteiger partial charge >= 0.3 is 0 Å². The average molecular weight is 377 g/mol. The summed E-state index contributed by atoms with van der Waals surface area (Å²) in [7, 11) is 0. The second kappa shape index (κ2) is 10.1. The Hall–Kier alpha value is -0.740. The van der Waals surface area contributed by atoms with Gasteiger partial charge in [0, 0.05) is 11.0 Å². The lowest BCUT2D eigenvalue weighted by Crippen LogP contribution is -2.33. The van der Waals surface area contributed by atoms with E-state index in [9.17, 15) is 4.79 Å². The lowest BCUT2D eigenvalue weighted by Gasteiger charge is -2.15. The fourth-order valence-corrected chi connectivity index (χ4v) is 2.72. The Morgan fingerprint density at radius 3 is 2.81 bits per heavy atom. The second-order valence-corrected chi connectivity index (χ2v) is 6.41. The third-order valence-corrected chi connectivity index (χ3v) is 4.17. The van der Waals surface area contributed by atoms with Crippen LogP contribution in [0.3, 0.4) is 0 Å². The third-order valence-electron chi connectivity index (χ3n) is 3.38. The molecule has 0 aromatic heterocycles. The van der Waals surface area contributed by atoms with Gasteiger partial charge in [-0.2, -0.15) is 0 Å². The number of nitrogens with one attached hydrogen (secondary N) is 1. The van der Waals surface area contributed by atoms with Gasteiger partial charge in [0.15, 0.2) is 6.61 Å². The van der Waals surface area contributed by atoms with Gasteiger partial charge in [0.1, 0.15) is 5.75 Å². The Morgan fingerprint density at radius 1 is 1.43 bits per heavy atom. The molecule has 21 heavy (non-hydrogen) atoms. The summed E-state index contributed by atoms with van der Waals surface area (Å²) in [6.07, 6.45) is 4.64. The van der Waals surface area contributed by atoms with Crippen molar-refractivity contribution in [2.75, 3.05) is 13.2 Å². The minimum atomic E-state index is -0.107. The predicted octanol–water partition coefficient (Wildman–Crippen LogP) is 4.81. The molecule has 0 saturated carbocycles. The van der Waals surface area contributed by atoms with Crippen molar-refractivity contribution in [2.45, 2.75) is 39.5 Å². The zero-order valence-corrected chi connectivity index (χ0v) is 15.0. The number of halogens is 2. The SMILES string of the molecule is CCCC[C@@H](CC)CNC(=O)COc1ccc(Br)cc1Cl. The first-order chi connectivity index (χ1) is 10.1. The lowest BCUT2D eigenvalue weighted by atomic mass is 9.99. The highest BCUT2D eigenvalue weighted by Gasteiger charge is 2.10. The normalized spacial score (nSPS) is 12.0. The number of ether oxygens (including phenoxy) is 1. The molecule has 0 aliphatic carbocycles. The van der Waals surface area contributed by atoms with Gasteiger partial charge in [-0.15, -0.1) is 0 Å². The smallest absolute Gasteiger partial charge is 0.257 e. The van der Waals surface area contributed by atoms with E-state index in [-0.39, 0.29) is 12.5 Å². The second-order valence-electron chi connectivity index (χ2n) is 5.08. The molecule has 0 unspecified atom stereocenters. The van der Waals surface area contributed by atoms with Gasteiger partial charge in [0.25, 0.3) is 5.91 Å². The standard InChI is InChI=1S/C16H23BrClNO2/c1-3-5-6-12(4-2)10-19-16(20)11-21-15-8-7-13(17)9-14(15)18/h7-9,12H,3-6,10-11H2,1-2H3,(H,19,20)/t12-/m1/s1. The number of benzene rings is 1. The van der Waals surface area contributed by atoms with Crippen molar-refractivity contribution < 1.29 is 9.53 Å². The maximum absolute atomic E-state index is 11.8. The molecule has 0 heterocycles. The molecule has 1 aromatic rings. The van der Waals surface area contributed by atoms with Gasteiger partial charge in [0.05, 0.1) is 5.02 Å². The molecular formula is C16H23BrClNO2. The predicted molar refractivity (Wildman–Crippen MR) is 91.0 cm³/mol. The van der Waals surface area contributed by atoms with Crippen molar-refractivity contribution in [1.29, 1.82) is 0 Å². The van der Waals surface area contributed by atoms with Gasteiger partial charge in [0.2, 0.25) is 0 Å². The highest BCUT2D eigenvalue weighted by molar-refractivity contribution is 9.10. The fraction of sp³-hybridized carbons (Fsp3) is 0.562. The average Bonchev–Trinajstić information content (AvgIpc) is 2.46. The van der Waals surface area contributed by atoms with Crippen molar-refractivity contribution in [1.82, 2.24) is 5.32 Å². The molecule has 1 N–H and O–H groups in total. The molecule has 0 bridgehead atoms. The van der Waals surface area contributed by atoms with E-state index in [0.717, 1.165) is 17.3 Å². The Kier molecular flexibility index (Phi) is 8.77. The van der Waals surface area contributed by atoms with Crippen LogP contribution < -0.4 is 10.1 Å². The van der Waals surface area contributed by atoms with Crippen LogP contribution in [-0.2, 0) is 4.79 Å². The van der Waals surface area contributed by atoms with E-state index in [2.05, 4.69) is 35.1 Å². The first kappa shape index (κ1) is 18.3. The lowest BCUT2D eigenvalue weighted by molar-refractivity contribution is -0.123. The first-order valence-electron chi connectivity index (χ1n) is 7.41. The van der Waals surface area contributed by atoms with Gasteiger partial charge in [-0.3, -0.25) is 4.79 Å². The quantitative estimate of drug-likeness (QED) is 0.671. The maximum Gasteiger partial charge on any atom is 0.257 e. The largest absolute Gasteiger partial charge is 0.482 e. The molecule has 3 nitrogen and oxygen atoms in total. The van der Waals surface area contributed by atoms with Crippen LogP contribution in [0.25, 0.3) is 0 Å². The summed E-state index contributed by atoms with van der Waals surface area (Å²) in [5.74, 6) is 0.960. The molecule has 0 aliphatic rings. The fourth-order valence-electron chi connectivity index (χ4n) is 1.99. The van der Waals surface area contributed by atoms with Gasteiger partial charge in [-0.05, 0) is 30.5 Å². The Morgan fingerprint density at radius 2 is 2.19 bits per heavy atom. The number of carbonyl (C=O) groups excluding carboxylic acids is 1. The molecular weight excluding hydrogens is 354 g/mol. The van der Waals surface area contributed by atoms with E-state index >= 15 is 0 Å². The van der Waals surface area contributed by atoms with Crippen LogP contribution in [0.1, 0.15) is 39.5 Å². The summed E-state index contributed by atoms with van der Waals surface area (Å²) >= 11 is 9.36. The van der Waals surface area contributed by atoms with Crippen LogP contribution in [0.4, 0.5) is 0 Å². The van der Waals surface area contributed by atoms with Crippen molar-refractivity contribution in [3.8, 4) is 5.75 Å². The molecule has 0 spiro atoms. The molecule has 0 saturated heterocycles. The van der Waals surface area contributed by atoms with Gasteiger partial charge in [-0.25, -0.2) is 0 Å². The van der Waals surface area contributed by atoms with Crippen molar-refractivity contribution in [3.63, 3.8) is 0 Å². The topological polar surface area (TPSA) is 38.3 Å². The summed E-state index contributed by atoms with van der Waals surface area (Å²) in [4.78, 5) is 11.8. The third kappa shape index (κ3) is 7.18. The van der Waals surface area contributed by atoms with Gasteiger partial charge in [-0.1, -0.05) is 60.6 Å². The minimum absolute atomic E-state index is 0.00837. The highest BCUT2D eigenvalue weighted by Crippen LogP contribution is 2.27. The highest BCUT2D eigenvalue weighted by atomic mass is 79.9. The van der Waals surface area contributed by atoms with E-state index in [1.165, 1.54) is 12.8 Å². The Balaban J connectivity index is 2.33. The van der Waals surface area contributed by atoms with E-state index in [1.807, 2.05) is 6.07 Å². The summed E-state index contributed by atoms with van der Waals surface area (Å²) in [6.45, 7) is 5.05. The molecule has 0 fully saturated rings. The monoisotopic (exact) mass is 375 g/mol. The zero-order chi connectivity index (χ0) is 15.7. The van der Waals surface area contributed by atoms with Crippen molar-refractivity contribution in [2.24, 2.45) is 5.92 Å². The van der Waals surface area contributed by atoms with Crippen molar-refractivity contribution >= 4 is 33.4 Å². The zero-order valence-electron chi connectivity index (χ0n) is 12.6. The number of carbonyl (C=O) groups is 1. The Labute approximate surface area is 140 Å². The summed E-state index contributed by atoms with van der Waals surface area (Å²) < 4.78 is 6.32. The number of unbranched alkanes of at least 4 members (excludes halogenated alkanes) is 1. The summed E-state index contributed by atoms with van der Waals surface area (Å²) in [5.41, 5.74) is 0. The van der Waals surface area contributed by atoms with Crippen LogP contribution in [0.5, 0.6) is 5.75 Å². The van der Waals surface area contributed by atoms with E-state index in [1.54, 1.807) is 12.1 Å². The van der Waals surface area contributed by atoms with Gasteiger partial charge < -0.3 is 10.1 Å². The first-order valence-corrected chi connectivity index (χ1v) is 8.58. The Bertz CT molecular complexity index is 454. The number of amides is 1. The van der Waals surface area contributed by atoms with Crippen molar-refractivity contribution in [3.05, 3.63) is 27.7 Å². The van der Waals surface area contributed by atoms with Crippen LogP contribution in [0.15, 0.2) is 22.7 Å². The summed E-state index contributed by atoms with van der Waals surface area (Å²) in [5, 5.41) is 3.42.